The number of carboxylic acid groups (broad SMARTS) is 1. The Morgan fingerprint density at radius 3 is 2.88 bits per heavy atom. The Morgan fingerprint density at radius 1 is 1.53 bits per heavy atom. The molecule has 2 aromatic heterocycles. The van der Waals surface area contributed by atoms with Crippen molar-refractivity contribution < 1.29 is 9.90 Å². The lowest BCUT2D eigenvalue weighted by Gasteiger charge is -2.09. The molecule has 0 atom stereocenters. The lowest BCUT2D eigenvalue weighted by Crippen LogP contribution is -2.17. The van der Waals surface area contributed by atoms with Crippen molar-refractivity contribution in [3.05, 3.63) is 39.3 Å². The summed E-state index contributed by atoms with van der Waals surface area (Å²) in [5, 5.41) is 9.10. The van der Waals surface area contributed by atoms with Crippen molar-refractivity contribution in [1.29, 1.82) is 0 Å². The Balaban J connectivity index is 2.87. The Morgan fingerprint density at radius 2 is 2.24 bits per heavy atom. The first-order chi connectivity index (χ1) is 8.00. The number of carbonyl (C=O) groups is 1. The number of rotatable bonds is 2. The van der Waals surface area contributed by atoms with Crippen LogP contribution < -0.4 is 5.56 Å². The van der Waals surface area contributed by atoms with Crippen molar-refractivity contribution in [2.45, 2.75) is 6.42 Å². The van der Waals surface area contributed by atoms with Crippen LogP contribution in [0.15, 0.2) is 23.1 Å². The summed E-state index contributed by atoms with van der Waals surface area (Å²) in [5.41, 5.74) is 1.19. The number of hydrogen-bond donors (Lipinski definition) is 1. The Hall–Kier alpha value is -1.88. The van der Waals surface area contributed by atoms with E-state index < -0.39 is 5.97 Å². The number of pyridine rings is 2. The zero-order valence-electron chi connectivity index (χ0n) is 8.98. The SMILES string of the molecule is Cn1c(=O)ccc2ncc(Cl)c(CC(=O)O)c21. The fourth-order valence-corrected chi connectivity index (χ4v) is 1.93. The first-order valence-electron chi connectivity index (χ1n) is 4.85. The van der Waals surface area contributed by atoms with Gasteiger partial charge < -0.3 is 9.67 Å². The van der Waals surface area contributed by atoms with Crippen molar-refractivity contribution in [2.75, 3.05) is 0 Å². The van der Waals surface area contributed by atoms with Gasteiger partial charge >= 0.3 is 5.97 Å². The van der Waals surface area contributed by atoms with Gasteiger partial charge in [0.2, 0.25) is 0 Å². The lowest BCUT2D eigenvalue weighted by molar-refractivity contribution is -0.136. The van der Waals surface area contributed by atoms with Crippen LogP contribution in [0.2, 0.25) is 5.02 Å². The second-order valence-corrected chi connectivity index (χ2v) is 4.03. The van der Waals surface area contributed by atoms with Gasteiger partial charge in [-0.3, -0.25) is 14.6 Å². The van der Waals surface area contributed by atoms with Crippen LogP contribution in [0.25, 0.3) is 11.0 Å². The Kier molecular flexibility index (Phi) is 2.85. The molecule has 0 aliphatic rings. The summed E-state index contributed by atoms with van der Waals surface area (Å²) in [6.07, 6.45) is 1.15. The molecule has 5 nitrogen and oxygen atoms in total. The van der Waals surface area contributed by atoms with E-state index in [0.29, 0.717) is 16.6 Å². The number of fused-ring (bicyclic) bond motifs is 1. The molecule has 88 valence electrons. The summed E-state index contributed by atoms with van der Waals surface area (Å²) in [6.45, 7) is 0. The van der Waals surface area contributed by atoms with Gasteiger partial charge in [0.05, 0.1) is 22.5 Å². The topological polar surface area (TPSA) is 72.2 Å². The molecule has 0 aliphatic carbocycles. The molecule has 0 bridgehead atoms. The van der Waals surface area contributed by atoms with Crippen molar-refractivity contribution >= 4 is 28.6 Å². The Bertz CT molecular complexity index is 664. The van der Waals surface area contributed by atoms with Gasteiger partial charge in [-0.1, -0.05) is 11.6 Å². The maximum atomic E-state index is 11.5. The van der Waals surface area contributed by atoms with E-state index in [-0.39, 0.29) is 17.0 Å². The predicted octanol–water partition coefficient (Wildman–Crippen LogP) is 1.21. The fourth-order valence-electron chi connectivity index (χ4n) is 1.72. The van der Waals surface area contributed by atoms with E-state index in [2.05, 4.69) is 4.98 Å². The van der Waals surface area contributed by atoms with Crippen LogP contribution in [0.5, 0.6) is 0 Å². The first kappa shape index (κ1) is 11.6. The largest absolute Gasteiger partial charge is 0.481 e. The number of hydrogen-bond acceptors (Lipinski definition) is 3. The zero-order chi connectivity index (χ0) is 12.6. The highest BCUT2D eigenvalue weighted by molar-refractivity contribution is 6.32. The van der Waals surface area contributed by atoms with Gasteiger partial charge in [-0.2, -0.15) is 0 Å². The van der Waals surface area contributed by atoms with Gasteiger partial charge in [0.15, 0.2) is 0 Å². The molecule has 1 N–H and O–H groups in total. The number of aliphatic carboxylic acids is 1. The van der Waals surface area contributed by atoms with Crippen LogP contribution in [0.4, 0.5) is 0 Å². The minimum atomic E-state index is -1.00. The highest BCUT2D eigenvalue weighted by atomic mass is 35.5. The molecule has 0 amide bonds. The standard InChI is InChI=1S/C11H9ClN2O3/c1-14-9(15)3-2-8-11(14)6(4-10(16)17)7(12)5-13-8/h2-3,5H,4H2,1H3,(H,16,17). The third kappa shape index (κ3) is 2.01. The van der Waals surface area contributed by atoms with Crippen LogP contribution in [-0.2, 0) is 18.3 Å². The van der Waals surface area contributed by atoms with E-state index in [1.807, 2.05) is 0 Å². The number of aryl methyl sites for hydroxylation is 1. The van der Waals surface area contributed by atoms with Crippen LogP contribution in [-0.4, -0.2) is 20.6 Å². The molecule has 0 fully saturated rings. The van der Waals surface area contributed by atoms with E-state index >= 15 is 0 Å². The average Bonchev–Trinajstić information content (AvgIpc) is 2.27. The van der Waals surface area contributed by atoms with Gasteiger partial charge in [-0.15, -0.1) is 0 Å². The molecular weight excluding hydrogens is 244 g/mol. The number of nitrogens with zero attached hydrogens (tertiary/aromatic N) is 2. The second kappa shape index (κ2) is 4.18. The summed E-state index contributed by atoms with van der Waals surface area (Å²) in [6, 6.07) is 2.94. The molecule has 2 aromatic rings. The smallest absolute Gasteiger partial charge is 0.307 e. The maximum Gasteiger partial charge on any atom is 0.307 e. The van der Waals surface area contributed by atoms with Crippen LogP contribution >= 0.6 is 11.6 Å². The van der Waals surface area contributed by atoms with E-state index in [1.54, 1.807) is 13.1 Å². The minimum Gasteiger partial charge on any atom is -0.481 e. The second-order valence-electron chi connectivity index (χ2n) is 3.62. The number of aromatic nitrogens is 2. The highest BCUT2D eigenvalue weighted by Crippen LogP contribution is 2.23. The molecule has 0 aliphatic heterocycles. The van der Waals surface area contributed by atoms with Gasteiger partial charge in [-0.25, -0.2) is 0 Å². The van der Waals surface area contributed by atoms with Crippen molar-refractivity contribution in [3.8, 4) is 0 Å². The minimum absolute atomic E-state index is 0.229. The molecule has 0 radical (unpaired) electrons. The van der Waals surface area contributed by atoms with E-state index in [9.17, 15) is 9.59 Å². The summed E-state index contributed by atoms with van der Waals surface area (Å²) in [7, 11) is 1.56. The van der Waals surface area contributed by atoms with Gasteiger partial charge in [0.1, 0.15) is 0 Å². The molecule has 0 spiro atoms. The third-order valence-electron chi connectivity index (χ3n) is 2.51. The summed E-state index contributed by atoms with van der Waals surface area (Å²) < 4.78 is 1.35. The molecule has 17 heavy (non-hydrogen) atoms. The highest BCUT2D eigenvalue weighted by Gasteiger charge is 2.13. The van der Waals surface area contributed by atoms with Crippen molar-refractivity contribution in [1.82, 2.24) is 9.55 Å². The van der Waals surface area contributed by atoms with Gasteiger partial charge in [0.25, 0.3) is 5.56 Å². The van der Waals surface area contributed by atoms with Gasteiger partial charge in [0, 0.05) is 24.9 Å². The number of halogens is 1. The molecule has 0 saturated heterocycles. The fraction of sp³-hybridized carbons (Fsp3) is 0.182. The quantitative estimate of drug-likeness (QED) is 0.872. The molecule has 0 aromatic carbocycles. The molecular formula is C11H9ClN2O3. The molecule has 2 rings (SSSR count). The van der Waals surface area contributed by atoms with Crippen LogP contribution in [0.3, 0.4) is 0 Å². The van der Waals surface area contributed by atoms with E-state index in [1.165, 1.54) is 16.8 Å². The monoisotopic (exact) mass is 252 g/mol. The summed E-state index contributed by atoms with van der Waals surface area (Å²) in [4.78, 5) is 26.4. The molecule has 0 saturated carbocycles. The maximum absolute atomic E-state index is 11.5. The molecule has 0 unspecified atom stereocenters. The van der Waals surface area contributed by atoms with Crippen LogP contribution in [0, 0.1) is 0 Å². The lowest BCUT2D eigenvalue weighted by atomic mass is 10.1. The van der Waals surface area contributed by atoms with Crippen LogP contribution in [0.1, 0.15) is 5.56 Å². The normalized spacial score (nSPS) is 10.7. The Labute approximate surface area is 101 Å². The third-order valence-corrected chi connectivity index (χ3v) is 2.84. The molecule has 6 heteroatoms. The summed E-state index contributed by atoms with van der Waals surface area (Å²) >= 11 is 5.93. The first-order valence-corrected chi connectivity index (χ1v) is 5.23. The summed E-state index contributed by atoms with van der Waals surface area (Å²) in [5.74, 6) is -1.00. The average molecular weight is 253 g/mol. The number of carboxylic acids is 1. The van der Waals surface area contributed by atoms with E-state index in [4.69, 9.17) is 16.7 Å². The predicted molar refractivity (Wildman–Crippen MR) is 63.3 cm³/mol. The van der Waals surface area contributed by atoms with E-state index in [0.717, 1.165) is 0 Å². The zero-order valence-corrected chi connectivity index (χ0v) is 9.73. The molecule has 2 heterocycles. The van der Waals surface area contributed by atoms with Crippen molar-refractivity contribution in [2.24, 2.45) is 7.05 Å². The van der Waals surface area contributed by atoms with Gasteiger partial charge in [-0.05, 0) is 6.07 Å². The van der Waals surface area contributed by atoms with Crippen molar-refractivity contribution in [3.63, 3.8) is 0 Å².